The maximum Gasteiger partial charge on any atom is 0.417 e. The molecule has 1 atom stereocenters. The fraction of sp³-hybridized carbons (Fsp3) is 0.571. The molecule has 124 valence electrons. The van der Waals surface area contributed by atoms with Crippen molar-refractivity contribution in [2.75, 3.05) is 6.54 Å². The second kappa shape index (κ2) is 6.55. The third kappa shape index (κ3) is 3.80. The van der Waals surface area contributed by atoms with Crippen LogP contribution in [0.3, 0.4) is 0 Å². The highest BCUT2D eigenvalue weighted by atomic mass is 32.2. The smallest absolute Gasteiger partial charge is 0.329 e. The van der Waals surface area contributed by atoms with Crippen molar-refractivity contribution in [3.05, 3.63) is 29.8 Å². The van der Waals surface area contributed by atoms with Crippen molar-refractivity contribution in [3.8, 4) is 0 Å². The molecule has 1 aliphatic carbocycles. The minimum atomic E-state index is -4.73. The molecule has 22 heavy (non-hydrogen) atoms. The lowest BCUT2D eigenvalue weighted by molar-refractivity contribution is -0.139. The largest absolute Gasteiger partial charge is 0.417 e. The van der Waals surface area contributed by atoms with E-state index in [9.17, 15) is 21.6 Å². The molecule has 3 N–H and O–H groups in total. The van der Waals surface area contributed by atoms with Gasteiger partial charge >= 0.3 is 6.18 Å². The Kier molecular flexibility index (Phi) is 5.14. The van der Waals surface area contributed by atoms with Gasteiger partial charge in [-0.2, -0.15) is 13.2 Å². The van der Waals surface area contributed by atoms with Crippen LogP contribution in [0.4, 0.5) is 13.2 Å². The van der Waals surface area contributed by atoms with Gasteiger partial charge in [-0.3, -0.25) is 0 Å². The zero-order valence-electron chi connectivity index (χ0n) is 11.9. The summed E-state index contributed by atoms with van der Waals surface area (Å²) in [5, 5.41) is 0. The van der Waals surface area contributed by atoms with Gasteiger partial charge < -0.3 is 5.73 Å². The van der Waals surface area contributed by atoms with Crippen LogP contribution in [0.25, 0.3) is 0 Å². The molecule has 1 saturated carbocycles. The van der Waals surface area contributed by atoms with E-state index in [1.165, 1.54) is 12.1 Å². The van der Waals surface area contributed by atoms with Gasteiger partial charge in [-0.05, 0) is 30.9 Å². The lowest BCUT2D eigenvalue weighted by Crippen LogP contribution is -2.44. The number of nitrogens with two attached hydrogens (primary N) is 1. The standard InChI is InChI=1S/C14H19F3N2O2S/c15-14(16,17)11-7-3-4-8-13(11)22(20,21)19-12(9-18)10-5-1-2-6-10/h3-4,7-8,10,12,19H,1-2,5-6,9,18H2. The SMILES string of the molecule is NCC(NS(=O)(=O)c1ccccc1C(F)(F)F)C1CCCC1. The molecule has 1 aliphatic rings. The number of sulfonamides is 1. The molecule has 0 spiro atoms. The van der Waals surface area contributed by atoms with E-state index in [0.717, 1.165) is 37.8 Å². The van der Waals surface area contributed by atoms with Crippen LogP contribution in [0.15, 0.2) is 29.2 Å². The summed E-state index contributed by atoms with van der Waals surface area (Å²) in [7, 11) is -4.27. The summed E-state index contributed by atoms with van der Waals surface area (Å²) >= 11 is 0. The second-order valence-corrected chi connectivity index (χ2v) is 7.18. The average Bonchev–Trinajstić information content (AvgIpc) is 2.98. The van der Waals surface area contributed by atoms with Gasteiger partial charge in [0.05, 0.1) is 10.5 Å². The van der Waals surface area contributed by atoms with Crippen LogP contribution in [-0.4, -0.2) is 21.0 Å². The fourth-order valence-corrected chi connectivity index (χ4v) is 4.44. The van der Waals surface area contributed by atoms with Crippen LogP contribution in [0.5, 0.6) is 0 Å². The first-order valence-corrected chi connectivity index (χ1v) is 8.62. The van der Waals surface area contributed by atoms with E-state index in [-0.39, 0.29) is 12.5 Å². The molecule has 0 bridgehead atoms. The Balaban J connectivity index is 2.30. The van der Waals surface area contributed by atoms with Crippen LogP contribution in [0.2, 0.25) is 0 Å². The fourth-order valence-electron chi connectivity index (χ4n) is 2.89. The maximum atomic E-state index is 13.0. The molecule has 0 heterocycles. The average molecular weight is 336 g/mol. The lowest BCUT2D eigenvalue weighted by Gasteiger charge is -2.24. The van der Waals surface area contributed by atoms with E-state index >= 15 is 0 Å². The summed E-state index contributed by atoms with van der Waals surface area (Å²) in [5.74, 6) is 0.0813. The molecule has 1 aromatic carbocycles. The molecule has 0 aromatic heterocycles. The first-order valence-electron chi connectivity index (χ1n) is 7.14. The predicted octanol–water partition coefficient (Wildman–Crippen LogP) is 2.50. The van der Waals surface area contributed by atoms with Crippen LogP contribution in [-0.2, 0) is 16.2 Å². The number of rotatable bonds is 5. The molecule has 1 fully saturated rings. The highest BCUT2D eigenvalue weighted by molar-refractivity contribution is 7.89. The van der Waals surface area contributed by atoms with Crippen LogP contribution >= 0.6 is 0 Å². The molecule has 4 nitrogen and oxygen atoms in total. The summed E-state index contributed by atoms with van der Waals surface area (Å²) in [6, 6.07) is 3.64. The molecular weight excluding hydrogens is 317 g/mol. The van der Waals surface area contributed by atoms with Crippen molar-refractivity contribution >= 4 is 10.0 Å². The summed E-state index contributed by atoms with van der Waals surface area (Å²) in [5.41, 5.74) is 4.45. The molecule has 0 saturated heterocycles. The van der Waals surface area contributed by atoms with Crippen LogP contribution in [0, 0.1) is 5.92 Å². The molecule has 8 heteroatoms. The van der Waals surface area contributed by atoms with E-state index in [2.05, 4.69) is 4.72 Å². The molecule has 1 unspecified atom stereocenters. The quantitative estimate of drug-likeness (QED) is 0.868. The molecule has 0 aliphatic heterocycles. The zero-order valence-corrected chi connectivity index (χ0v) is 12.8. The minimum Gasteiger partial charge on any atom is -0.329 e. The molecule has 0 radical (unpaired) electrons. The number of halogens is 3. The van der Waals surface area contributed by atoms with Gasteiger partial charge in [-0.25, -0.2) is 13.1 Å². The van der Waals surface area contributed by atoms with Crippen molar-refractivity contribution in [1.82, 2.24) is 4.72 Å². The maximum absolute atomic E-state index is 13.0. The van der Waals surface area contributed by atoms with E-state index in [1.54, 1.807) is 0 Å². The molecule has 1 aromatic rings. The number of benzene rings is 1. The first-order chi connectivity index (χ1) is 10.3. The third-order valence-corrected chi connectivity index (χ3v) is 5.56. The Morgan fingerprint density at radius 1 is 1.23 bits per heavy atom. The topological polar surface area (TPSA) is 72.2 Å². The number of nitrogens with one attached hydrogen (secondary N) is 1. The van der Waals surface area contributed by atoms with Gasteiger partial charge in [-0.1, -0.05) is 25.0 Å². The highest BCUT2D eigenvalue weighted by Gasteiger charge is 2.38. The Hall–Kier alpha value is -1.12. The molecular formula is C14H19F3N2O2S. The number of hydrogen-bond donors (Lipinski definition) is 2. The van der Waals surface area contributed by atoms with Crippen LogP contribution < -0.4 is 10.5 Å². The van der Waals surface area contributed by atoms with E-state index in [0.29, 0.717) is 0 Å². The van der Waals surface area contributed by atoms with Crippen molar-refractivity contribution in [3.63, 3.8) is 0 Å². The van der Waals surface area contributed by atoms with Crippen molar-refractivity contribution in [1.29, 1.82) is 0 Å². The van der Waals surface area contributed by atoms with Crippen molar-refractivity contribution < 1.29 is 21.6 Å². The predicted molar refractivity (Wildman–Crippen MR) is 76.6 cm³/mol. The van der Waals surface area contributed by atoms with Crippen molar-refractivity contribution in [2.24, 2.45) is 11.7 Å². The highest BCUT2D eigenvalue weighted by Crippen LogP contribution is 2.34. The Morgan fingerprint density at radius 3 is 2.36 bits per heavy atom. The van der Waals surface area contributed by atoms with Gasteiger partial charge in [0.1, 0.15) is 0 Å². The number of hydrogen-bond acceptors (Lipinski definition) is 3. The third-order valence-electron chi connectivity index (χ3n) is 4.01. The Bertz CT molecular complexity index is 611. The molecule has 0 amide bonds. The van der Waals surface area contributed by atoms with Gasteiger partial charge in [0, 0.05) is 12.6 Å². The Morgan fingerprint density at radius 2 is 1.82 bits per heavy atom. The van der Waals surface area contributed by atoms with E-state index in [1.807, 2.05) is 0 Å². The van der Waals surface area contributed by atoms with Crippen LogP contribution in [0.1, 0.15) is 31.2 Å². The van der Waals surface area contributed by atoms with Crippen molar-refractivity contribution in [2.45, 2.75) is 42.8 Å². The van der Waals surface area contributed by atoms with E-state index in [4.69, 9.17) is 5.73 Å². The monoisotopic (exact) mass is 336 g/mol. The van der Waals surface area contributed by atoms with E-state index < -0.39 is 32.7 Å². The van der Waals surface area contributed by atoms with Gasteiger partial charge in [0.25, 0.3) is 0 Å². The summed E-state index contributed by atoms with van der Waals surface area (Å²) in [6.45, 7) is 0.0675. The summed E-state index contributed by atoms with van der Waals surface area (Å²) in [6.07, 6.45) is -1.07. The molecule has 2 rings (SSSR count). The summed E-state index contributed by atoms with van der Waals surface area (Å²) < 4.78 is 66.0. The zero-order chi connectivity index (χ0) is 16.4. The number of alkyl halides is 3. The second-order valence-electron chi connectivity index (χ2n) is 5.50. The minimum absolute atomic E-state index is 0.0675. The lowest BCUT2D eigenvalue weighted by atomic mass is 9.99. The normalized spacial score (nSPS) is 18.5. The Labute approximate surface area is 127 Å². The van der Waals surface area contributed by atoms with Gasteiger partial charge in [-0.15, -0.1) is 0 Å². The summed E-state index contributed by atoms with van der Waals surface area (Å²) in [4.78, 5) is -0.751. The van der Waals surface area contributed by atoms with Gasteiger partial charge in [0.15, 0.2) is 0 Å². The first kappa shape index (κ1) is 17.2. The van der Waals surface area contributed by atoms with Gasteiger partial charge in [0.2, 0.25) is 10.0 Å².